The van der Waals surface area contributed by atoms with E-state index in [1.807, 2.05) is 30.3 Å². The molecule has 0 radical (unpaired) electrons. The number of aliphatic hydroxyl groups is 1. The summed E-state index contributed by atoms with van der Waals surface area (Å²) in [4.78, 5) is 8.56. The van der Waals surface area contributed by atoms with Crippen LogP contribution in [-0.2, 0) is 6.18 Å². The number of para-hydroxylation sites is 1. The molecule has 3 aromatic rings. The molecule has 0 bridgehead atoms. The van der Waals surface area contributed by atoms with E-state index in [1.165, 1.54) is 18.2 Å². The molecule has 140 valence electrons. The van der Waals surface area contributed by atoms with Crippen molar-refractivity contribution in [2.45, 2.75) is 6.18 Å². The van der Waals surface area contributed by atoms with Gasteiger partial charge in [0, 0.05) is 18.2 Å². The van der Waals surface area contributed by atoms with Gasteiger partial charge in [-0.15, -0.1) is 0 Å². The number of halogens is 3. The topological polar surface area (TPSA) is 70.1 Å². The van der Waals surface area contributed by atoms with Crippen molar-refractivity contribution in [2.75, 3.05) is 23.8 Å². The zero-order valence-electron chi connectivity index (χ0n) is 14.2. The van der Waals surface area contributed by atoms with Crippen LogP contribution in [0.15, 0.2) is 60.7 Å². The van der Waals surface area contributed by atoms with Crippen LogP contribution in [0, 0.1) is 0 Å². The fraction of sp³-hybridized carbons (Fsp3) is 0.158. The predicted octanol–water partition coefficient (Wildman–Crippen LogP) is 4.31. The van der Waals surface area contributed by atoms with Crippen LogP contribution in [0.5, 0.6) is 0 Å². The Labute approximate surface area is 153 Å². The van der Waals surface area contributed by atoms with Crippen molar-refractivity contribution in [3.8, 4) is 11.3 Å². The molecular weight excluding hydrogens is 357 g/mol. The van der Waals surface area contributed by atoms with Crippen molar-refractivity contribution in [1.82, 2.24) is 9.97 Å². The highest BCUT2D eigenvalue weighted by molar-refractivity contribution is 5.68. The minimum Gasteiger partial charge on any atom is -0.395 e. The van der Waals surface area contributed by atoms with Crippen molar-refractivity contribution in [3.63, 3.8) is 0 Å². The molecule has 0 unspecified atom stereocenters. The third kappa shape index (κ3) is 4.73. The molecule has 1 heterocycles. The van der Waals surface area contributed by atoms with Crippen molar-refractivity contribution < 1.29 is 18.3 Å². The maximum atomic E-state index is 13.2. The largest absolute Gasteiger partial charge is 0.418 e. The zero-order valence-corrected chi connectivity index (χ0v) is 14.2. The number of hydrogen-bond donors (Lipinski definition) is 3. The molecule has 0 aliphatic heterocycles. The Balaban J connectivity index is 2.00. The summed E-state index contributed by atoms with van der Waals surface area (Å²) in [6, 6.07) is 16.0. The van der Waals surface area contributed by atoms with Gasteiger partial charge in [-0.05, 0) is 12.1 Å². The fourth-order valence-corrected chi connectivity index (χ4v) is 2.49. The van der Waals surface area contributed by atoms with Crippen LogP contribution >= 0.6 is 0 Å². The minimum absolute atomic E-state index is 0.101. The second-order valence-corrected chi connectivity index (χ2v) is 5.65. The predicted molar refractivity (Wildman–Crippen MR) is 97.8 cm³/mol. The van der Waals surface area contributed by atoms with Gasteiger partial charge in [0.1, 0.15) is 5.82 Å². The first-order valence-electron chi connectivity index (χ1n) is 8.20. The molecule has 0 aliphatic carbocycles. The Kier molecular flexibility index (Phi) is 5.56. The Morgan fingerprint density at radius 3 is 2.33 bits per heavy atom. The van der Waals surface area contributed by atoms with Gasteiger partial charge < -0.3 is 15.7 Å². The quantitative estimate of drug-likeness (QED) is 0.600. The van der Waals surface area contributed by atoms with Gasteiger partial charge in [-0.25, -0.2) is 4.98 Å². The van der Waals surface area contributed by atoms with E-state index in [2.05, 4.69) is 20.6 Å². The lowest BCUT2D eigenvalue weighted by molar-refractivity contribution is -0.136. The highest BCUT2D eigenvalue weighted by Gasteiger charge is 2.33. The van der Waals surface area contributed by atoms with Crippen LogP contribution in [0.3, 0.4) is 0 Å². The van der Waals surface area contributed by atoms with E-state index in [0.717, 1.165) is 11.6 Å². The second-order valence-electron chi connectivity index (χ2n) is 5.65. The van der Waals surface area contributed by atoms with Crippen LogP contribution in [-0.4, -0.2) is 28.2 Å². The summed E-state index contributed by atoms with van der Waals surface area (Å²) in [6.07, 6.45) is -4.49. The lowest BCUT2D eigenvalue weighted by Gasteiger charge is -2.15. The Bertz CT molecular complexity index is 901. The standard InChI is InChI=1S/C19H17F3N4O/c20-19(21,22)14-8-4-5-9-15(14)24-17-12-16(13-6-2-1-3-7-13)25-18(26-17)23-10-11-27/h1-9,12,27H,10-11H2,(H2,23,24,25,26). The molecule has 0 saturated carbocycles. The first-order valence-corrected chi connectivity index (χ1v) is 8.20. The van der Waals surface area contributed by atoms with E-state index in [0.29, 0.717) is 5.69 Å². The summed E-state index contributed by atoms with van der Waals surface area (Å²) in [5.41, 5.74) is 0.447. The third-order valence-electron chi connectivity index (χ3n) is 3.69. The molecule has 1 aromatic heterocycles. The summed E-state index contributed by atoms with van der Waals surface area (Å²) in [5, 5.41) is 14.6. The second kappa shape index (κ2) is 8.05. The van der Waals surface area contributed by atoms with Crippen LogP contribution in [0.4, 0.5) is 30.6 Å². The Hall–Kier alpha value is -3.13. The SMILES string of the molecule is OCCNc1nc(Nc2ccccc2C(F)(F)F)cc(-c2ccccc2)n1. The number of nitrogens with one attached hydrogen (secondary N) is 2. The molecule has 27 heavy (non-hydrogen) atoms. The molecule has 0 fully saturated rings. The molecule has 0 amide bonds. The van der Waals surface area contributed by atoms with E-state index in [9.17, 15) is 13.2 Å². The van der Waals surface area contributed by atoms with Crippen LogP contribution in [0.25, 0.3) is 11.3 Å². The van der Waals surface area contributed by atoms with Gasteiger partial charge in [-0.3, -0.25) is 0 Å². The van der Waals surface area contributed by atoms with E-state index in [-0.39, 0.29) is 30.6 Å². The number of hydrogen-bond acceptors (Lipinski definition) is 5. The van der Waals surface area contributed by atoms with Gasteiger partial charge in [0.15, 0.2) is 0 Å². The van der Waals surface area contributed by atoms with Crippen molar-refractivity contribution in [1.29, 1.82) is 0 Å². The molecule has 3 N–H and O–H groups in total. The summed E-state index contributed by atoms with van der Waals surface area (Å²) >= 11 is 0. The molecule has 0 atom stereocenters. The summed E-state index contributed by atoms with van der Waals surface area (Å²) in [5.74, 6) is 0.415. The Morgan fingerprint density at radius 1 is 0.926 bits per heavy atom. The van der Waals surface area contributed by atoms with Gasteiger partial charge in [-0.1, -0.05) is 42.5 Å². The number of anilines is 3. The van der Waals surface area contributed by atoms with Crippen molar-refractivity contribution in [3.05, 3.63) is 66.2 Å². The first-order chi connectivity index (χ1) is 13.0. The molecule has 0 spiro atoms. The maximum Gasteiger partial charge on any atom is 0.418 e. The number of alkyl halides is 3. The average molecular weight is 374 g/mol. The van der Waals surface area contributed by atoms with Gasteiger partial charge >= 0.3 is 6.18 Å². The normalized spacial score (nSPS) is 11.3. The van der Waals surface area contributed by atoms with Crippen molar-refractivity contribution >= 4 is 17.5 Å². The maximum absolute atomic E-state index is 13.2. The van der Waals surface area contributed by atoms with Crippen LogP contribution in [0.1, 0.15) is 5.56 Å². The van der Waals surface area contributed by atoms with Gasteiger partial charge in [0.25, 0.3) is 0 Å². The number of rotatable bonds is 6. The number of nitrogens with zero attached hydrogens (tertiary/aromatic N) is 2. The van der Waals surface area contributed by atoms with Crippen LogP contribution in [0.2, 0.25) is 0 Å². The smallest absolute Gasteiger partial charge is 0.395 e. The monoisotopic (exact) mass is 374 g/mol. The number of aliphatic hydroxyl groups excluding tert-OH is 1. The first kappa shape index (κ1) is 18.7. The number of benzene rings is 2. The molecule has 0 aliphatic rings. The van der Waals surface area contributed by atoms with Gasteiger partial charge in [0.2, 0.25) is 5.95 Å². The summed E-state index contributed by atoms with van der Waals surface area (Å²) in [7, 11) is 0. The fourth-order valence-electron chi connectivity index (χ4n) is 2.49. The van der Waals surface area contributed by atoms with E-state index in [1.54, 1.807) is 6.07 Å². The molecule has 0 saturated heterocycles. The Morgan fingerprint density at radius 2 is 1.63 bits per heavy atom. The third-order valence-corrected chi connectivity index (χ3v) is 3.69. The lowest BCUT2D eigenvalue weighted by atomic mass is 10.1. The summed E-state index contributed by atoms with van der Waals surface area (Å²) < 4.78 is 39.7. The molecule has 5 nitrogen and oxygen atoms in total. The van der Waals surface area contributed by atoms with Gasteiger partial charge in [0.05, 0.1) is 23.6 Å². The van der Waals surface area contributed by atoms with E-state index >= 15 is 0 Å². The molecule has 8 heteroatoms. The van der Waals surface area contributed by atoms with Gasteiger partial charge in [-0.2, -0.15) is 18.2 Å². The molecular formula is C19H17F3N4O. The summed E-state index contributed by atoms with van der Waals surface area (Å²) in [6.45, 7) is 0.0927. The van der Waals surface area contributed by atoms with E-state index in [4.69, 9.17) is 5.11 Å². The van der Waals surface area contributed by atoms with Crippen molar-refractivity contribution in [2.24, 2.45) is 0 Å². The lowest BCUT2D eigenvalue weighted by Crippen LogP contribution is -2.11. The van der Waals surface area contributed by atoms with Crippen LogP contribution < -0.4 is 10.6 Å². The minimum atomic E-state index is -4.49. The molecule has 2 aromatic carbocycles. The number of aromatic nitrogens is 2. The molecule has 3 rings (SSSR count). The average Bonchev–Trinajstić information content (AvgIpc) is 2.66. The highest BCUT2D eigenvalue weighted by atomic mass is 19.4. The highest BCUT2D eigenvalue weighted by Crippen LogP contribution is 2.36. The zero-order chi connectivity index (χ0) is 19.3. The van der Waals surface area contributed by atoms with E-state index < -0.39 is 11.7 Å².